The maximum Gasteiger partial charge on any atom is 0.338 e. The van der Waals surface area contributed by atoms with Crippen LogP contribution in [0.2, 0.25) is 10.0 Å². The van der Waals surface area contributed by atoms with Crippen molar-refractivity contribution in [2.24, 2.45) is 5.14 Å². The second-order valence-corrected chi connectivity index (χ2v) is 7.24. The van der Waals surface area contributed by atoms with Crippen LogP contribution in [-0.2, 0) is 21.4 Å². The number of esters is 1. The molecule has 2 N–H and O–H groups in total. The molecule has 2 aromatic carbocycles. The summed E-state index contributed by atoms with van der Waals surface area (Å²) in [4.78, 5) is 12.0. The van der Waals surface area contributed by atoms with Gasteiger partial charge in [-0.25, -0.2) is 18.4 Å². The van der Waals surface area contributed by atoms with Gasteiger partial charge in [0.25, 0.3) is 0 Å². The summed E-state index contributed by atoms with van der Waals surface area (Å²) < 4.78 is 27.9. The lowest BCUT2D eigenvalue weighted by Gasteiger charge is -2.10. The van der Waals surface area contributed by atoms with E-state index in [2.05, 4.69) is 0 Å². The van der Waals surface area contributed by atoms with E-state index < -0.39 is 16.0 Å². The smallest absolute Gasteiger partial charge is 0.338 e. The van der Waals surface area contributed by atoms with E-state index in [9.17, 15) is 13.2 Å². The number of carbonyl (C=O) groups excluding carboxylic acids is 1. The van der Waals surface area contributed by atoms with Gasteiger partial charge in [0.2, 0.25) is 10.0 Å². The summed E-state index contributed by atoms with van der Waals surface area (Å²) in [6.07, 6.45) is 0. The highest BCUT2D eigenvalue weighted by atomic mass is 35.5. The van der Waals surface area contributed by atoms with Crippen molar-refractivity contribution in [2.45, 2.75) is 18.4 Å². The van der Waals surface area contributed by atoms with Crippen molar-refractivity contribution in [1.29, 1.82) is 0 Å². The molecule has 0 aliphatic carbocycles. The summed E-state index contributed by atoms with van der Waals surface area (Å²) in [6, 6.07) is 8.83. The van der Waals surface area contributed by atoms with Gasteiger partial charge in [0.05, 0.1) is 10.5 Å². The van der Waals surface area contributed by atoms with Gasteiger partial charge in [-0.05, 0) is 36.8 Å². The Balaban J connectivity index is 2.21. The Labute approximate surface area is 144 Å². The van der Waals surface area contributed by atoms with E-state index in [-0.39, 0.29) is 17.1 Å². The molecule has 0 fully saturated rings. The van der Waals surface area contributed by atoms with Crippen molar-refractivity contribution in [3.63, 3.8) is 0 Å². The fourth-order valence-corrected chi connectivity index (χ4v) is 2.86. The maximum absolute atomic E-state index is 12.2. The number of nitrogens with two attached hydrogens (primary N) is 1. The molecule has 122 valence electrons. The van der Waals surface area contributed by atoms with E-state index in [1.54, 1.807) is 25.1 Å². The van der Waals surface area contributed by atoms with Crippen LogP contribution in [0.3, 0.4) is 0 Å². The van der Waals surface area contributed by atoms with Crippen molar-refractivity contribution in [1.82, 2.24) is 0 Å². The van der Waals surface area contributed by atoms with Gasteiger partial charge in [-0.2, -0.15) is 0 Å². The van der Waals surface area contributed by atoms with Gasteiger partial charge < -0.3 is 4.74 Å². The average Bonchev–Trinajstić information content (AvgIpc) is 2.45. The van der Waals surface area contributed by atoms with Gasteiger partial charge in [0, 0.05) is 15.6 Å². The van der Waals surface area contributed by atoms with Crippen molar-refractivity contribution in [2.75, 3.05) is 0 Å². The van der Waals surface area contributed by atoms with Crippen molar-refractivity contribution < 1.29 is 17.9 Å². The number of carbonyl (C=O) groups is 1. The minimum atomic E-state index is -3.90. The first-order valence-electron chi connectivity index (χ1n) is 6.43. The summed E-state index contributed by atoms with van der Waals surface area (Å²) in [6.45, 7) is 1.60. The number of hydrogen-bond acceptors (Lipinski definition) is 4. The van der Waals surface area contributed by atoms with Crippen LogP contribution in [-0.4, -0.2) is 14.4 Å². The zero-order valence-electron chi connectivity index (χ0n) is 12.0. The highest BCUT2D eigenvalue weighted by molar-refractivity contribution is 7.89. The van der Waals surface area contributed by atoms with E-state index in [1.807, 2.05) is 0 Å². The number of halogens is 2. The Bertz CT molecular complexity index is 866. The molecule has 0 atom stereocenters. The average molecular weight is 374 g/mol. The second-order valence-electron chi connectivity index (χ2n) is 4.83. The molecule has 23 heavy (non-hydrogen) atoms. The van der Waals surface area contributed by atoms with Gasteiger partial charge in [-0.15, -0.1) is 0 Å². The fourth-order valence-electron chi connectivity index (χ4n) is 1.86. The topological polar surface area (TPSA) is 86.5 Å². The summed E-state index contributed by atoms with van der Waals surface area (Å²) in [5, 5.41) is 5.91. The van der Waals surface area contributed by atoms with Crippen LogP contribution < -0.4 is 5.14 Å². The molecular weight excluding hydrogens is 361 g/mol. The van der Waals surface area contributed by atoms with E-state index >= 15 is 0 Å². The minimum Gasteiger partial charge on any atom is -0.457 e. The summed E-state index contributed by atoms with van der Waals surface area (Å²) >= 11 is 11.8. The summed E-state index contributed by atoms with van der Waals surface area (Å²) in [7, 11) is -3.90. The lowest BCUT2D eigenvalue weighted by molar-refractivity contribution is 0.0471. The zero-order valence-corrected chi connectivity index (χ0v) is 14.4. The Morgan fingerprint density at radius 3 is 2.48 bits per heavy atom. The molecule has 0 heterocycles. The molecule has 5 nitrogen and oxygen atoms in total. The van der Waals surface area contributed by atoms with Crippen molar-refractivity contribution in [3.05, 3.63) is 63.1 Å². The number of hydrogen-bond donors (Lipinski definition) is 1. The van der Waals surface area contributed by atoms with Crippen LogP contribution in [0.4, 0.5) is 0 Å². The predicted molar refractivity (Wildman–Crippen MR) is 88.1 cm³/mol. The molecule has 2 rings (SSSR count). The first kappa shape index (κ1) is 17.7. The monoisotopic (exact) mass is 373 g/mol. The maximum atomic E-state index is 12.2. The molecule has 0 saturated heterocycles. The summed E-state index contributed by atoms with van der Waals surface area (Å²) in [5.41, 5.74) is 1.29. The summed E-state index contributed by atoms with van der Waals surface area (Å²) in [5.74, 6) is -0.668. The molecule has 0 unspecified atom stereocenters. The van der Waals surface area contributed by atoms with Crippen molar-refractivity contribution >= 4 is 39.2 Å². The standard InChI is InChI=1S/C15H13Cl2NO4S/c1-9-2-5-12(23(18,20)21)7-13(9)15(19)22-8-10-3-4-11(16)6-14(10)17/h2-7H,8H2,1H3,(H2,18,20,21). The van der Waals surface area contributed by atoms with Gasteiger partial charge in [0.1, 0.15) is 6.61 Å². The van der Waals surface area contributed by atoms with Crippen LogP contribution in [0.25, 0.3) is 0 Å². The quantitative estimate of drug-likeness (QED) is 0.832. The van der Waals surface area contributed by atoms with Gasteiger partial charge in [-0.3, -0.25) is 0 Å². The lowest BCUT2D eigenvalue weighted by atomic mass is 10.1. The number of rotatable bonds is 4. The third-order valence-electron chi connectivity index (χ3n) is 3.13. The number of aryl methyl sites for hydroxylation is 1. The van der Waals surface area contributed by atoms with Crippen LogP contribution in [0, 0.1) is 6.92 Å². The van der Waals surface area contributed by atoms with E-state index in [0.29, 0.717) is 21.2 Å². The molecule has 0 aromatic heterocycles. The first-order valence-corrected chi connectivity index (χ1v) is 8.73. The molecule has 8 heteroatoms. The fraction of sp³-hybridized carbons (Fsp3) is 0.133. The SMILES string of the molecule is Cc1ccc(S(N)(=O)=O)cc1C(=O)OCc1ccc(Cl)cc1Cl. The molecule has 0 saturated carbocycles. The normalized spacial score (nSPS) is 11.3. The van der Waals surface area contributed by atoms with Crippen LogP contribution in [0.15, 0.2) is 41.3 Å². The number of benzene rings is 2. The highest BCUT2D eigenvalue weighted by Crippen LogP contribution is 2.22. The van der Waals surface area contributed by atoms with Crippen LogP contribution in [0.1, 0.15) is 21.5 Å². The largest absolute Gasteiger partial charge is 0.457 e. The Kier molecular flexibility index (Phi) is 5.31. The lowest BCUT2D eigenvalue weighted by Crippen LogP contribution is -2.14. The molecule has 0 aliphatic heterocycles. The third-order valence-corrected chi connectivity index (χ3v) is 4.63. The van der Waals surface area contributed by atoms with Crippen LogP contribution >= 0.6 is 23.2 Å². The molecule has 0 aliphatic rings. The van der Waals surface area contributed by atoms with E-state index in [1.165, 1.54) is 18.2 Å². The molecule has 0 bridgehead atoms. The van der Waals surface area contributed by atoms with Gasteiger partial charge in [-0.1, -0.05) is 35.3 Å². The Morgan fingerprint density at radius 1 is 1.17 bits per heavy atom. The first-order chi connectivity index (χ1) is 10.7. The molecule has 0 radical (unpaired) electrons. The zero-order chi connectivity index (χ0) is 17.2. The predicted octanol–water partition coefficient (Wildman–Crippen LogP) is 3.31. The van der Waals surface area contributed by atoms with Gasteiger partial charge in [0.15, 0.2) is 0 Å². The minimum absolute atomic E-state index is 0.0616. The molecular formula is C15H13Cl2NO4S. The Morgan fingerprint density at radius 2 is 1.87 bits per heavy atom. The van der Waals surface area contributed by atoms with Gasteiger partial charge >= 0.3 is 5.97 Å². The van der Waals surface area contributed by atoms with Crippen LogP contribution in [0.5, 0.6) is 0 Å². The molecule has 0 amide bonds. The molecule has 2 aromatic rings. The van der Waals surface area contributed by atoms with E-state index in [4.69, 9.17) is 33.1 Å². The highest BCUT2D eigenvalue weighted by Gasteiger charge is 2.16. The third kappa shape index (κ3) is 4.45. The van der Waals surface area contributed by atoms with Crippen molar-refractivity contribution in [3.8, 4) is 0 Å². The molecule has 0 spiro atoms. The Hall–Kier alpha value is -1.60. The number of ether oxygens (including phenoxy) is 1. The second kappa shape index (κ2) is 6.88. The number of primary sulfonamides is 1. The van der Waals surface area contributed by atoms with E-state index in [0.717, 1.165) is 0 Å². The number of sulfonamides is 1.